The highest BCUT2D eigenvalue weighted by molar-refractivity contribution is 5.89. The summed E-state index contributed by atoms with van der Waals surface area (Å²) in [5, 5.41) is 10.6. The summed E-state index contributed by atoms with van der Waals surface area (Å²) in [5.74, 6) is -0.968. The first-order valence-corrected chi connectivity index (χ1v) is 7.93. The Morgan fingerprint density at radius 1 is 1.16 bits per heavy atom. The van der Waals surface area contributed by atoms with Crippen molar-refractivity contribution >= 4 is 17.6 Å². The van der Waals surface area contributed by atoms with Crippen LogP contribution in [0.25, 0.3) is 0 Å². The monoisotopic (exact) mass is 351 g/mol. The van der Waals surface area contributed by atoms with Gasteiger partial charge in [0, 0.05) is 25.0 Å². The van der Waals surface area contributed by atoms with E-state index in [-0.39, 0.29) is 30.1 Å². The molecule has 0 radical (unpaired) electrons. The molecule has 2 rings (SSSR count). The minimum absolute atomic E-state index is 0.0872. The number of non-ortho nitro benzene ring substituents is 1. The summed E-state index contributed by atoms with van der Waals surface area (Å²) in [5.41, 5.74) is -0.386. The smallest absolute Gasteiger partial charge is 0.338 e. The van der Waals surface area contributed by atoms with Gasteiger partial charge < -0.3 is 14.2 Å². The van der Waals surface area contributed by atoms with Crippen molar-refractivity contribution in [1.82, 2.24) is 0 Å². The second-order valence-electron chi connectivity index (χ2n) is 6.82. The zero-order valence-electron chi connectivity index (χ0n) is 14.4. The van der Waals surface area contributed by atoms with E-state index in [1.54, 1.807) is 20.8 Å². The van der Waals surface area contributed by atoms with Crippen LogP contribution in [0.1, 0.15) is 44.0 Å². The summed E-state index contributed by atoms with van der Waals surface area (Å²) in [6.07, 6.45) is 0.566. The average Bonchev–Trinajstić information content (AvgIpc) is 2.47. The molecule has 1 aliphatic carbocycles. The van der Waals surface area contributed by atoms with Crippen molar-refractivity contribution in [2.75, 3.05) is 6.61 Å². The molecule has 8 heteroatoms. The van der Waals surface area contributed by atoms with E-state index < -0.39 is 22.5 Å². The molecule has 1 fully saturated rings. The lowest BCUT2D eigenvalue weighted by atomic mass is 9.92. The highest BCUT2D eigenvalue weighted by Crippen LogP contribution is 2.27. The van der Waals surface area contributed by atoms with Crippen LogP contribution in [0.5, 0.6) is 0 Å². The van der Waals surface area contributed by atoms with Crippen LogP contribution in [0.15, 0.2) is 24.3 Å². The lowest BCUT2D eigenvalue weighted by molar-refractivity contribution is -0.384. The Morgan fingerprint density at radius 3 is 2.28 bits per heavy atom. The number of hydrogen-bond acceptors (Lipinski definition) is 7. The SMILES string of the molecule is CC(C)(C)OC(=O)CO[C@H]1C[C@H](OC(=O)c2ccc([N+](=O)[O-])cc2)C1. The minimum atomic E-state index is -0.553. The van der Waals surface area contributed by atoms with E-state index in [0.717, 1.165) is 0 Å². The van der Waals surface area contributed by atoms with Crippen molar-refractivity contribution < 1.29 is 28.7 Å². The van der Waals surface area contributed by atoms with Crippen molar-refractivity contribution in [1.29, 1.82) is 0 Å². The van der Waals surface area contributed by atoms with E-state index in [2.05, 4.69) is 0 Å². The zero-order chi connectivity index (χ0) is 18.6. The molecule has 1 aliphatic rings. The third kappa shape index (κ3) is 5.82. The maximum Gasteiger partial charge on any atom is 0.338 e. The number of ether oxygens (including phenoxy) is 3. The van der Waals surface area contributed by atoms with Gasteiger partial charge in [0.25, 0.3) is 5.69 Å². The molecule has 1 aromatic rings. The molecule has 1 aromatic carbocycles. The standard InChI is InChI=1S/C17H21NO7/c1-17(2,3)25-15(19)10-23-13-8-14(9-13)24-16(20)11-4-6-12(7-5-11)18(21)22/h4-7,13-14H,8-10H2,1-3H3/t13-,14-. The fraction of sp³-hybridized carbons (Fsp3) is 0.529. The Kier molecular flexibility index (Phi) is 5.73. The van der Waals surface area contributed by atoms with Gasteiger partial charge in [-0.2, -0.15) is 0 Å². The minimum Gasteiger partial charge on any atom is -0.459 e. The van der Waals surface area contributed by atoms with Gasteiger partial charge in [0.15, 0.2) is 0 Å². The molecule has 0 heterocycles. The first-order chi connectivity index (χ1) is 11.6. The highest BCUT2D eigenvalue weighted by Gasteiger charge is 2.34. The van der Waals surface area contributed by atoms with Crippen molar-refractivity contribution in [3.8, 4) is 0 Å². The largest absolute Gasteiger partial charge is 0.459 e. The van der Waals surface area contributed by atoms with Crippen LogP contribution in [0.3, 0.4) is 0 Å². The number of nitro groups is 1. The van der Waals surface area contributed by atoms with Crippen molar-refractivity contribution in [2.24, 2.45) is 0 Å². The number of nitrogens with zero attached hydrogens (tertiary/aromatic N) is 1. The number of esters is 2. The van der Waals surface area contributed by atoms with Gasteiger partial charge in [0.05, 0.1) is 16.6 Å². The second-order valence-corrected chi connectivity index (χ2v) is 6.82. The molecule has 0 bridgehead atoms. The van der Waals surface area contributed by atoms with Gasteiger partial charge in [-0.15, -0.1) is 0 Å². The molecule has 8 nitrogen and oxygen atoms in total. The average molecular weight is 351 g/mol. The Balaban J connectivity index is 1.70. The predicted octanol–water partition coefficient (Wildman–Crippen LogP) is 2.64. The number of rotatable bonds is 6. The summed E-state index contributed by atoms with van der Waals surface area (Å²) < 4.78 is 15.8. The summed E-state index contributed by atoms with van der Waals surface area (Å²) in [6.45, 7) is 5.21. The molecule has 25 heavy (non-hydrogen) atoms. The van der Waals surface area contributed by atoms with Crippen LogP contribution in [-0.2, 0) is 19.0 Å². The first-order valence-electron chi connectivity index (χ1n) is 7.93. The number of benzene rings is 1. The molecule has 0 aromatic heterocycles. The van der Waals surface area contributed by atoms with E-state index >= 15 is 0 Å². The molecule has 1 saturated carbocycles. The maximum atomic E-state index is 12.0. The molecule has 0 atom stereocenters. The molecule has 0 aliphatic heterocycles. The molecule has 0 N–H and O–H groups in total. The highest BCUT2D eigenvalue weighted by atomic mass is 16.6. The molecule has 0 spiro atoms. The third-order valence-electron chi connectivity index (χ3n) is 3.50. The fourth-order valence-electron chi connectivity index (χ4n) is 2.25. The Hall–Kier alpha value is -2.48. The number of hydrogen-bond donors (Lipinski definition) is 0. The van der Waals surface area contributed by atoms with E-state index in [0.29, 0.717) is 12.8 Å². The van der Waals surface area contributed by atoms with Crippen LogP contribution in [0.4, 0.5) is 5.69 Å². The van der Waals surface area contributed by atoms with Crippen molar-refractivity contribution in [3.63, 3.8) is 0 Å². The van der Waals surface area contributed by atoms with E-state index in [1.807, 2.05) is 0 Å². The normalized spacial score (nSPS) is 19.6. The van der Waals surface area contributed by atoms with Gasteiger partial charge >= 0.3 is 11.9 Å². The van der Waals surface area contributed by atoms with Crippen LogP contribution in [0, 0.1) is 10.1 Å². The number of carbonyl (C=O) groups excluding carboxylic acids is 2. The number of nitro benzene ring substituents is 1. The van der Waals surface area contributed by atoms with Crippen LogP contribution < -0.4 is 0 Å². The summed E-state index contributed by atoms with van der Waals surface area (Å²) in [7, 11) is 0. The van der Waals surface area contributed by atoms with Gasteiger partial charge in [-0.3, -0.25) is 10.1 Å². The molecular weight excluding hydrogens is 330 g/mol. The second kappa shape index (κ2) is 7.60. The maximum absolute atomic E-state index is 12.0. The van der Waals surface area contributed by atoms with Crippen molar-refractivity contribution in [2.45, 2.75) is 51.4 Å². The predicted molar refractivity (Wildman–Crippen MR) is 87.1 cm³/mol. The summed E-state index contributed by atoms with van der Waals surface area (Å²) >= 11 is 0. The fourth-order valence-corrected chi connectivity index (χ4v) is 2.25. The Bertz CT molecular complexity index is 642. The molecular formula is C17H21NO7. The molecule has 136 valence electrons. The zero-order valence-corrected chi connectivity index (χ0v) is 14.4. The lowest BCUT2D eigenvalue weighted by Crippen LogP contribution is -2.40. The summed E-state index contributed by atoms with van der Waals surface area (Å²) in [4.78, 5) is 33.5. The van der Waals surface area contributed by atoms with Crippen LogP contribution in [0.2, 0.25) is 0 Å². The van der Waals surface area contributed by atoms with E-state index in [1.165, 1.54) is 24.3 Å². The third-order valence-corrected chi connectivity index (χ3v) is 3.50. The summed E-state index contributed by atoms with van der Waals surface area (Å²) in [6, 6.07) is 5.22. The van der Waals surface area contributed by atoms with Gasteiger partial charge in [0.2, 0.25) is 0 Å². The van der Waals surface area contributed by atoms with Crippen molar-refractivity contribution in [3.05, 3.63) is 39.9 Å². The van der Waals surface area contributed by atoms with Crippen LogP contribution in [-0.4, -0.2) is 41.3 Å². The first kappa shape index (κ1) is 18.9. The Morgan fingerprint density at radius 2 is 1.76 bits per heavy atom. The molecule has 0 amide bonds. The van der Waals surface area contributed by atoms with Gasteiger partial charge in [-0.05, 0) is 32.9 Å². The van der Waals surface area contributed by atoms with Gasteiger partial charge in [-0.1, -0.05) is 0 Å². The lowest BCUT2D eigenvalue weighted by Gasteiger charge is -2.34. The molecule has 0 saturated heterocycles. The van der Waals surface area contributed by atoms with E-state index in [9.17, 15) is 19.7 Å². The van der Waals surface area contributed by atoms with Gasteiger partial charge in [-0.25, -0.2) is 9.59 Å². The molecule has 0 unspecified atom stereocenters. The quantitative estimate of drug-likeness (QED) is 0.441. The Labute approximate surface area is 145 Å². The van der Waals surface area contributed by atoms with E-state index in [4.69, 9.17) is 14.2 Å². The van der Waals surface area contributed by atoms with Crippen LogP contribution >= 0.6 is 0 Å². The number of carbonyl (C=O) groups is 2. The topological polar surface area (TPSA) is 105 Å². The van der Waals surface area contributed by atoms with Gasteiger partial charge in [0.1, 0.15) is 18.3 Å².